The van der Waals surface area contributed by atoms with Crippen LogP contribution in [-0.2, 0) is 9.53 Å². The van der Waals surface area contributed by atoms with Crippen LogP contribution in [0.5, 0.6) is 0 Å². The minimum Gasteiger partial charge on any atom is -0.447 e. The zero-order chi connectivity index (χ0) is 17.9. The van der Waals surface area contributed by atoms with Gasteiger partial charge in [-0.15, -0.1) is 0 Å². The molecular weight excluding hydrogens is 324 g/mol. The summed E-state index contributed by atoms with van der Waals surface area (Å²) < 4.78 is 5.87. The van der Waals surface area contributed by atoms with Crippen molar-refractivity contribution < 1.29 is 9.53 Å². The van der Waals surface area contributed by atoms with Gasteiger partial charge in [0.1, 0.15) is 0 Å². The van der Waals surface area contributed by atoms with Crippen molar-refractivity contribution in [3.63, 3.8) is 0 Å². The number of carbonyl (C=O) groups is 1. The van der Waals surface area contributed by atoms with Crippen molar-refractivity contribution in [2.75, 3.05) is 25.5 Å². The van der Waals surface area contributed by atoms with Gasteiger partial charge in [-0.2, -0.15) is 0 Å². The molecule has 3 atom stereocenters. The number of rotatable bonds is 1. The van der Waals surface area contributed by atoms with Gasteiger partial charge in [-0.25, -0.2) is 4.79 Å². The first kappa shape index (κ1) is 15.7. The summed E-state index contributed by atoms with van der Waals surface area (Å²) in [6, 6.07) is 8.71. The Balaban J connectivity index is 1.46. The number of benzene rings is 1. The van der Waals surface area contributed by atoms with Crippen LogP contribution in [0.3, 0.4) is 0 Å². The Bertz CT molecular complexity index is 900. The third kappa shape index (κ3) is 2.04. The number of esters is 1. The summed E-state index contributed by atoms with van der Waals surface area (Å²) in [5.74, 6) is 6.37. The van der Waals surface area contributed by atoms with E-state index in [9.17, 15) is 4.79 Å². The molecule has 3 heterocycles. The first-order chi connectivity index (χ1) is 12.6. The molecule has 4 nitrogen and oxygen atoms in total. The van der Waals surface area contributed by atoms with E-state index < -0.39 is 5.60 Å². The van der Waals surface area contributed by atoms with Crippen molar-refractivity contribution in [2.24, 2.45) is 0 Å². The van der Waals surface area contributed by atoms with Crippen LogP contribution in [0.1, 0.15) is 24.8 Å². The number of nitrogens with zero attached hydrogens (tertiary/aromatic N) is 2. The quantitative estimate of drug-likeness (QED) is 0.578. The van der Waals surface area contributed by atoms with E-state index in [2.05, 4.69) is 39.8 Å². The average molecular weight is 346 g/mol. The van der Waals surface area contributed by atoms with Crippen LogP contribution in [0, 0.1) is 11.8 Å². The zero-order valence-electron chi connectivity index (χ0n) is 15.2. The van der Waals surface area contributed by atoms with E-state index >= 15 is 0 Å². The molecule has 0 amide bonds. The molecule has 0 N–H and O–H groups in total. The highest BCUT2D eigenvalue weighted by Gasteiger charge is 2.69. The predicted octanol–water partition coefficient (Wildman–Crippen LogP) is 2.50. The van der Waals surface area contributed by atoms with Crippen molar-refractivity contribution in [2.45, 2.75) is 36.9 Å². The van der Waals surface area contributed by atoms with Crippen molar-refractivity contribution >= 4 is 11.7 Å². The molecule has 2 saturated heterocycles. The van der Waals surface area contributed by atoms with Crippen molar-refractivity contribution in [3.8, 4) is 11.8 Å². The summed E-state index contributed by atoms with van der Waals surface area (Å²) in [4.78, 5) is 16.6. The number of fused-ring (bicyclic) bond motifs is 2. The summed E-state index contributed by atoms with van der Waals surface area (Å²) >= 11 is 0. The Labute approximate surface area is 154 Å². The zero-order valence-corrected chi connectivity index (χ0v) is 15.2. The van der Waals surface area contributed by atoms with E-state index in [1.807, 2.05) is 26.2 Å². The molecule has 1 spiro atoms. The van der Waals surface area contributed by atoms with Crippen LogP contribution in [0.25, 0.3) is 0 Å². The van der Waals surface area contributed by atoms with Gasteiger partial charge in [0.2, 0.25) is 0 Å². The fraction of sp³-hybridized carbons (Fsp3) is 0.409. The van der Waals surface area contributed by atoms with Crippen molar-refractivity contribution in [1.82, 2.24) is 4.90 Å². The van der Waals surface area contributed by atoms with Gasteiger partial charge >= 0.3 is 5.97 Å². The molecule has 0 radical (unpaired) electrons. The molecule has 3 aliphatic heterocycles. The molecule has 0 saturated carbocycles. The first-order valence-electron chi connectivity index (χ1n) is 9.32. The average Bonchev–Trinajstić information content (AvgIpc) is 3.12. The van der Waals surface area contributed by atoms with Gasteiger partial charge < -0.3 is 9.64 Å². The molecule has 0 bridgehead atoms. The minimum atomic E-state index is -0.448. The minimum absolute atomic E-state index is 0.172. The maximum atomic E-state index is 12.0. The maximum absolute atomic E-state index is 12.0. The lowest BCUT2D eigenvalue weighted by Gasteiger charge is -2.60. The third-order valence-electron chi connectivity index (χ3n) is 6.13. The second-order valence-corrected chi connectivity index (χ2v) is 7.74. The van der Waals surface area contributed by atoms with Gasteiger partial charge in [0.15, 0.2) is 5.60 Å². The maximum Gasteiger partial charge on any atom is 0.332 e. The normalized spacial score (nSPS) is 31.4. The Morgan fingerprint density at radius 2 is 2.00 bits per heavy atom. The van der Waals surface area contributed by atoms with Crippen LogP contribution < -0.4 is 4.90 Å². The number of anilines is 1. The van der Waals surface area contributed by atoms with E-state index in [0.29, 0.717) is 6.04 Å². The van der Waals surface area contributed by atoms with Crippen molar-refractivity contribution in [1.29, 1.82) is 0 Å². The molecule has 5 rings (SSSR count). The Morgan fingerprint density at radius 3 is 2.77 bits per heavy atom. The number of hydrogen-bond acceptors (Lipinski definition) is 4. The molecule has 1 aromatic carbocycles. The van der Waals surface area contributed by atoms with E-state index in [0.717, 1.165) is 35.4 Å². The van der Waals surface area contributed by atoms with Gasteiger partial charge in [-0.3, -0.25) is 4.90 Å². The second-order valence-electron chi connectivity index (χ2n) is 7.74. The third-order valence-corrected chi connectivity index (χ3v) is 6.13. The standard InChI is InChI=1S/C22H22N2O2/c1-23(2)17-10-7-15(8-11-17)6-9-16-13-20-22(18(16)14-21(25)26-22)19-5-3-4-12-24(19)20/h7-8,10-11,13-14,19-20H,3-5,12H2,1-2H3/t19-,20?,22+/m1/s1. The lowest BCUT2D eigenvalue weighted by molar-refractivity contribution is -0.194. The largest absolute Gasteiger partial charge is 0.447 e. The fourth-order valence-corrected chi connectivity index (χ4v) is 4.90. The van der Waals surface area contributed by atoms with Gasteiger partial charge in [0.25, 0.3) is 0 Å². The van der Waals surface area contributed by atoms with E-state index in [-0.39, 0.29) is 12.0 Å². The highest BCUT2D eigenvalue weighted by molar-refractivity contribution is 5.91. The second kappa shape index (κ2) is 5.49. The summed E-state index contributed by atoms with van der Waals surface area (Å²) in [5, 5.41) is 0. The van der Waals surface area contributed by atoms with Crippen molar-refractivity contribution in [3.05, 3.63) is 53.1 Å². The van der Waals surface area contributed by atoms with E-state index in [1.54, 1.807) is 6.08 Å². The summed E-state index contributed by atoms with van der Waals surface area (Å²) in [6.07, 6.45) is 7.41. The summed E-state index contributed by atoms with van der Waals surface area (Å²) in [7, 11) is 4.05. The molecule has 4 aliphatic rings. The number of hydrogen-bond donors (Lipinski definition) is 0. The molecule has 0 aromatic heterocycles. The van der Waals surface area contributed by atoms with E-state index in [1.165, 1.54) is 12.8 Å². The molecule has 26 heavy (non-hydrogen) atoms. The monoisotopic (exact) mass is 346 g/mol. The Hall–Kier alpha value is -2.51. The lowest BCUT2D eigenvalue weighted by Crippen LogP contribution is -2.76. The molecule has 2 fully saturated rings. The summed E-state index contributed by atoms with van der Waals surface area (Å²) in [6.45, 7) is 1.09. The van der Waals surface area contributed by atoms with Gasteiger partial charge in [-0.1, -0.05) is 18.3 Å². The highest BCUT2D eigenvalue weighted by Crippen LogP contribution is 2.57. The molecule has 132 valence electrons. The smallest absolute Gasteiger partial charge is 0.332 e. The van der Waals surface area contributed by atoms with Gasteiger partial charge in [0, 0.05) is 42.6 Å². The van der Waals surface area contributed by atoms with Crippen LogP contribution in [0.15, 0.2) is 47.6 Å². The van der Waals surface area contributed by atoms with Crippen LogP contribution in [0.2, 0.25) is 0 Å². The topological polar surface area (TPSA) is 32.8 Å². The first-order valence-corrected chi connectivity index (χ1v) is 9.32. The van der Waals surface area contributed by atoms with Crippen LogP contribution in [0.4, 0.5) is 5.69 Å². The summed E-state index contributed by atoms with van der Waals surface area (Å²) in [5.41, 5.74) is 3.66. The lowest BCUT2D eigenvalue weighted by atomic mass is 9.70. The van der Waals surface area contributed by atoms with Gasteiger partial charge in [-0.05, 0) is 49.7 Å². The number of carbonyl (C=O) groups excluding carboxylic acids is 1. The molecule has 1 aliphatic carbocycles. The molecule has 1 unspecified atom stereocenters. The number of piperidine rings is 1. The predicted molar refractivity (Wildman–Crippen MR) is 101 cm³/mol. The Morgan fingerprint density at radius 1 is 1.19 bits per heavy atom. The van der Waals surface area contributed by atoms with Gasteiger partial charge in [0.05, 0.1) is 12.1 Å². The SMILES string of the molecule is CN(C)c1ccc(C#CC2=CC3N4CCCC[C@@H]4[C@]34OC(=O)C=C24)cc1. The Kier molecular flexibility index (Phi) is 3.32. The van der Waals surface area contributed by atoms with E-state index in [4.69, 9.17) is 4.74 Å². The molecular formula is C22H22N2O2. The molecule has 1 aromatic rings. The number of ether oxygens (including phenoxy) is 1. The fourth-order valence-electron chi connectivity index (χ4n) is 4.90. The van der Waals surface area contributed by atoms with Crippen LogP contribution in [-0.4, -0.2) is 49.2 Å². The molecule has 4 heteroatoms. The highest BCUT2D eigenvalue weighted by atomic mass is 16.6. The van der Waals surface area contributed by atoms with Crippen LogP contribution >= 0.6 is 0 Å².